The summed E-state index contributed by atoms with van der Waals surface area (Å²) >= 11 is 0. The number of hydrogen-bond acceptors (Lipinski definition) is 3. The predicted molar refractivity (Wildman–Crippen MR) is 72.9 cm³/mol. The summed E-state index contributed by atoms with van der Waals surface area (Å²) in [6, 6.07) is 0.319. The lowest BCUT2D eigenvalue weighted by molar-refractivity contribution is 0.0426. The molecule has 1 fully saturated rings. The van der Waals surface area contributed by atoms with Crippen LogP contribution in [-0.2, 0) is 0 Å². The normalized spacial score (nSPS) is 29.6. The molecule has 0 saturated heterocycles. The summed E-state index contributed by atoms with van der Waals surface area (Å²) in [7, 11) is 2.09. The Kier molecular flexibility index (Phi) is 4.61. The lowest BCUT2D eigenvalue weighted by atomic mass is 9.70. The third-order valence-corrected chi connectivity index (χ3v) is 4.50. The van der Waals surface area contributed by atoms with Gasteiger partial charge in [0.15, 0.2) is 0 Å². The molecular formula is C14H30N2O. The third kappa shape index (κ3) is 3.94. The van der Waals surface area contributed by atoms with Crippen LogP contribution in [-0.4, -0.2) is 41.8 Å². The summed E-state index contributed by atoms with van der Waals surface area (Å²) < 4.78 is 0. The van der Waals surface area contributed by atoms with Crippen LogP contribution in [0.2, 0.25) is 0 Å². The number of aliphatic hydroxyl groups excluding tert-OH is 1. The lowest BCUT2D eigenvalue weighted by Gasteiger charge is -2.43. The van der Waals surface area contributed by atoms with Gasteiger partial charge < -0.3 is 10.8 Å². The Balaban J connectivity index is 2.60. The van der Waals surface area contributed by atoms with Crippen LogP contribution in [0.15, 0.2) is 0 Å². The fourth-order valence-corrected chi connectivity index (χ4v) is 2.68. The van der Waals surface area contributed by atoms with Gasteiger partial charge in [0.2, 0.25) is 0 Å². The summed E-state index contributed by atoms with van der Waals surface area (Å²) in [5, 5.41) is 9.39. The molecule has 1 aliphatic rings. The lowest BCUT2D eigenvalue weighted by Crippen LogP contribution is -2.51. The second-order valence-corrected chi connectivity index (χ2v) is 7.18. The average Bonchev–Trinajstić information content (AvgIpc) is 2.23. The maximum Gasteiger partial charge on any atom is 0.0609 e. The van der Waals surface area contributed by atoms with Crippen molar-refractivity contribution in [1.29, 1.82) is 0 Å². The third-order valence-electron chi connectivity index (χ3n) is 4.50. The van der Waals surface area contributed by atoms with Gasteiger partial charge in [-0.15, -0.1) is 0 Å². The average molecular weight is 242 g/mol. The molecule has 2 atom stereocenters. The van der Waals surface area contributed by atoms with E-state index in [0.717, 1.165) is 13.0 Å². The second-order valence-electron chi connectivity index (χ2n) is 7.18. The molecule has 2 unspecified atom stereocenters. The highest BCUT2D eigenvalue weighted by molar-refractivity contribution is 4.90. The molecule has 1 aliphatic carbocycles. The number of aliphatic hydroxyl groups is 1. The van der Waals surface area contributed by atoms with Crippen molar-refractivity contribution < 1.29 is 5.11 Å². The van der Waals surface area contributed by atoms with Crippen molar-refractivity contribution >= 4 is 0 Å². The maximum absolute atomic E-state index is 9.39. The number of rotatable bonds is 4. The molecule has 0 aromatic heterocycles. The van der Waals surface area contributed by atoms with E-state index in [1.54, 1.807) is 0 Å². The van der Waals surface area contributed by atoms with Crippen molar-refractivity contribution in [3.05, 3.63) is 0 Å². The van der Waals surface area contributed by atoms with E-state index < -0.39 is 0 Å². The van der Waals surface area contributed by atoms with Gasteiger partial charge in [-0.1, -0.05) is 13.8 Å². The van der Waals surface area contributed by atoms with Gasteiger partial charge in [0.1, 0.15) is 0 Å². The number of nitrogens with zero attached hydrogens (tertiary/aromatic N) is 1. The minimum Gasteiger partial charge on any atom is -0.394 e. The number of likely N-dealkylation sites (N-methyl/N-ethyl adjacent to an activating group) is 1. The molecule has 0 heterocycles. The van der Waals surface area contributed by atoms with Gasteiger partial charge in [-0.2, -0.15) is 0 Å². The molecule has 1 rings (SSSR count). The van der Waals surface area contributed by atoms with Crippen LogP contribution in [0.25, 0.3) is 0 Å². The summed E-state index contributed by atoms with van der Waals surface area (Å²) in [5.74, 6) is 0.551. The van der Waals surface area contributed by atoms with Crippen LogP contribution >= 0.6 is 0 Å². The fourth-order valence-electron chi connectivity index (χ4n) is 2.68. The molecule has 3 heteroatoms. The van der Waals surface area contributed by atoms with Crippen molar-refractivity contribution in [1.82, 2.24) is 4.90 Å². The fraction of sp³-hybridized carbons (Fsp3) is 1.00. The molecule has 17 heavy (non-hydrogen) atoms. The molecule has 0 radical (unpaired) electrons. The van der Waals surface area contributed by atoms with Gasteiger partial charge in [-0.25, -0.2) is 0 Å². The van der Waals surface area contributed by atoms with Crippen LogP contribution < -0.4 is 5.73 Å². The topological polar surface area (TPSA) is 49.5 Å². The smallest absolute Gasteiger partial charge is 0.0609 e. The molecule has 3 N–H and O–H groups in total. The predicted octanol–water partition coefficient (Wildman–Crippen LogP) is 1.84. The van der Waals surface area contributed by atoms with Gasteiger partial charge >= 0.3 is 0 Å². The van der Waals surface area contributed by atoms with Gasteiger partial charge in [0, 0.05) is 18.1 Å². The second kappa shape index (κ2) is 5.25. The van der Waals surface area contributed by atoms with Crippen molar-refractivity contribution in [3.8, 4) is 0 Å². The van der Waals surface area contributed by atoms with Crippen LogP contribution in [0.1, 0.15) is 47.0 Å². The van der Waals surface area contributed by atoms with E-state index in [9.17, 15) is 5.11 Å². The highest BCUT2D eigenvalue weighted by Gasteiger charge is 2.35. The first-order valence-electron chi connectivity index (χ1n) is 6.76. The Morgan fingerprint density at radius 1 is 1.41 bits per heavy atom. The molecule has 0 aromatic rings. The molecule has 0 aliphatic heterocycles. The van der Waals surface area contributed by atoms with Crippen LogP contribution in [0.3, 0.4) is 0 Å². The minimum atomic E-state index is -0.151. The molecule has 0 spiro atoms. The molecule has 0 aromatic carbocycles. The van der Waals surface area contributed by atoms with Gasteiger partial charge in [0.25, 0.3) is 0 Å². The number of hydrogen-bond donors (Lipinski definition) is 2. The molecule has 1 saturated carbocycles. The summed E-state index contributed by atoms with van der Waals surface area (Å²) in [6.07, 6.45) is 3.56. The maximum atomic E-state index is 9.39. The summed E-state index contributed by atoms with van der Waals surface area (Å²) in [4.78, 5) is 2.25. The van der Waals surface area contributed by atoms with Crippen LogP contribution in [0.5, 0.6) is 0 Å². The van der Waals surface area contributed by atoms with E-state index in [-0.39, 0.29) is 12.1 Å². The Morgan fingerprint density at radius 3 is 2.53 bits per heavy atom. The monoisotopic (exact) mass is 242 g/mol. The Morgan fingerprint density at radius 2 is 2.00 bits per heavy atom. The van der Waals surface area contributed by atoms with Crippen molar-refractivity contribution in [2.45, 2.75) is 58.5 Å². The van der Waals surface area contributed by atoms with Crippen molar-refractivity contribution in [2.75, 3.05) is 20.2 Å². The molecule has 3 nitrogen and oxygen atoms in total. The van der Waals surface area contributed by atoms with Gasteiger partial charge in [-0.05, 0) is 51.5 Å². The first-order chi connectivity index (χ1) is 7.68. The largest absolute Gasteiger partial charge is 0.394 e. The zero-order valence-electron chi connectivity index (χ0n) is 12.2. The zero-order valence-corrected chi connectivity index (χ0v) is 12.2. The molecule has 0 amide bonds. The van der Waals surface area contributed by atoms with Gasteiger partial charge in [0.05, 0.1) is 6.61 Å². The van der Waals surface area contributed by atoms with Gasteiger partial charge in [-0.3, -0.25) is 4.90 Å². The summed E-state index contributed by atoms with van der Waals surface area (Å²) in [5.41, 5.74) is 6.51. The van der Waals surface area contributed by atoms with Crippen molar-refractivity contribution in [3.63, 3.8) is 0 Å². The first-order valence-corrected chi connectivity index (χ1v) is 6.76. The van der Waals surface area contributed by atoms with E-state index in [4.69, 9.17) is 5.73 Å². The van der Waals surface area contributed by atoms with Crippen molar-refractivity contribution in [2.24, 2.45) is 17.1 Å². The summed E-state index contributed by atoms with van der Waals surface area (Å²) in [6.45, 7) is 10.00. The molecular weight excluding hydrogens is 212 g/mol. The Labute approximate surface area is 106 Å². The van der Waals surface area contributed by atoms with E-state index in [0.29, 0.717) is 17.4 Å². The Hall–Kier alpha value is -0.120. The van der Waals surface area contributed by atoms with E-state index >= 15 is 0 Å². The van der Waals surface area contributed by atoms with E-state index in [2.05, 4.69) is 39.6 Å². The SMILES string of the molecule is CN(CC1CC(C)(C)CCC1N)C(C)(C)CO. The number of nitrogens with two attached hydrogens (primary N) is 1. The zero-order chi connectivity index (χ0) is 13.3. The van der Waals surface area contributed by atoms with Crippen LogP contribution in [0.4, 0.5) is 0 Å². The minimum absolute atomic E-state index is 0.151. The van der Waals surface area contributed by atoms with Crippen LogP contribution in [0, 0.1) is 11.3 Å². The first kappa shape index (κ1) is 14.9. The standard InChI is InChI=1S/C14H30N2O/c1-13(2)7-6-12(15)11(8-13)9-16(5)14(3,4)10-17/h11-12,17H,6-10,15H2,1-5H3. The molecule has 102 valence electrons. The molecule has 0 bridgehead atoms. The highest BCUT2D eigenvalue weighted by atomic mass is 16.3. The van der Waals surface area contributed by atoms with E-state index in [1.807, 2.05) is 0 Å². The quantitative estimate of drug-likeness (QED) is 0.791. The Bertz CT molecular complexity index is 251. The highest BCUT2D eigenvalue weighted by Crippen LogP contribution is 2.38. The van der Waals surface area contributed by atoms with E-state index in [1.165, 1.54) is 12.8 Å².